The summed E-state index contributed by atoms with van der Waals surface area (Å²) >= 11 is 0. The van der Waals surface area contributed by atoms with Crippen molar-refractivity contribution in [1.29, 1.82) is 0 Å². The molecule has 3 heterocycles. The van der Waals surface area contributed by atoms with E-state index >= 15 is 0 Å². The summed E-state index contributed by atoms with van der Waals surface area (Å²) in [6.45, 7) is 2.54. The molecule has 2 aromatic heterocycles. The fourth-order valence-corrected chi connectivity index (χ4v) is 4.71. The van der Waals surface area contributed by atoms with Gasteiger partial charge in [0.2, 0.25) is 10.0 Å². The fraction of sp³-hybridized carbons (Fsp3) is 0.263. The van der Waals surface area contributed by atoms with Crippen LogP contribution in [0.4, 0.5) is 5.69 Å². The van der Waals surface area contributed by atoms with Crippen LogP contribution in [0.1, 0.15) is 28.0 Å². The zero-order chi connectivity index (χ0) is 19.0. The van der Waals surface area contributed by atoms with Crippen LogP contribution in [0.3, 0.4) is 0 Å². The van der Waals surface area contributed by atoms with Gasteiger partial charge in [-0.25, -0.2) is 18.2 Å². The largest absolute Gasteiger partial charge is 0.456 e. The number of carbonyl (C=O) groups excluding carboxylic acids is 1. The van der Waals surface area contributed by atoms with Crippen LogP contribution in [0, 0.1) is 6.92 Å². The highest BCUT2D eigenvalue weighted by atomic mass is 32.2. The van der Waals surface area contributed by atoms with Crippen LogP contribution in [0.5, 0.6) is 0 Å². The maximum Gasteiger partial charge on any atom is 0.338 e. The molecule has 1 aromatic carbocycles. The van der Waals surface area contributed by atoms with Gasteiger partial charge in [-0.15, -0.1) is 0 Å². The van der Waals surface area contributed by atoms with Crippen LogP contribution in [0.15, 0.2) is 48.8 Å². The van der Waals surface area contributed by atoms with Gasteiger partial charge in [0.05, 0.1) is 22.7 Å². The Morgan fingerprint density at radius 3 is 2.63 bits per heavy atom. The Morgan fingerprint density at radius 2 is 1.93 bits per heavy atom. The van der Waals surface area contributed by atoms with E-state index in [4.69, 9.17) is 4.74 Å². The van der Waals surface area contributed by atoms with Crippen molar-refractivity contribution in [2.24, 2.45) is 0 Å². The van der Waals surface area contributed by atoms with Crippen molar-refractivity contribution in [3.63, 3.8) is 0 Å². The summed E-state index contributed by atoms with van der Waals surface area (Å²) in [4.78, 5) is 16.7. The molecule has 0 radical (unpaired) electrons. The molecule has 1 saturated heterocycles. The Balaban J connectivity index is 1.43. The molecule has 3 aromatic rings. The van der Waals surface area contributed by atoms with Gasteiger partial charge in [-0.3, -0.25) is 4.31 Å². The first kappa shape index (κ1) is 17.5. The van der Waals surface area contributed by atoms with E-state index in [1.807, 2.05) is 35.9 Å². The van der Waals surface area contributed by atoms with Crippen LogP contribution in [-0.2, 0) is 21.4 Å². The molecule has 7 nitrogen and oxygen atoms in total. The highest BCUT2D eigenvalue weighted by Gasteiger charge is 2.28. The number of hydrogen-bond donors (Lipinski definition) is 0. The average molecular weight is 385 g/mol. The normalized spacial score (nSPS) is 16.0. The first-order valence-electron chi connectivity index (χ1n) is 8.64. The van der Waals surface area contributed by atoms with Crippen LogP contribution >= 0.6 is 0 Å². The van der Waals surface area contributed by atoms with E-state index in [1.165, 1.54) is 4.31 Å². The minimum atomic E-state index is -3.23. The monoisotopic (exact) mass is 385 g/mol. The standard InChI is InChI=1S/C19H19N3O4S/c1-14-3-8-18-20-16(12-21(18)11-14)13-26-19(23)15-4-6-17(7-5-15)22-9-2-10-27(22,24)25/h3-8,11-12H,2,9-10,13H2,1H3. The lowest BCUT2D eigenvalue weighted by molar-refractivity contribution is 0.0468. The number of imidazole rings is 1. The lowest BCUT2D eigenvalue weighted by atomic mass is 10.2. The molecule has 4 rings (SSSR count). The molecular formula is C19H19N3O4S. The molecule has 0 aliphatic carbocycles. The number of anilines is 1. The number of hydrogen-bond acceptors (Lipinski definition) is 5. The molecule has 1 aliphatic rings. The van der Waals surface area contributed by atoms with E-state index in [2.05, 4.69) is 4.98 Å². The van der Waals surface area contributed by atoms with Gasteiger partial charge in [0, 0.05) is 18.9 Å². The van der Waals surface area contributed by atoms with E-state index in [1.54, 1.807) is 24.3 Å². The van der Waals surface area contributed by atoms with Gasteiger partial charge in [0.15, 0.2) is 0 Å². The summed E-state index contributed by atoms with van der Waals surface area (Å²) in [7, 11) is -3.23. The van der Waals surface area contributed by atoms with Gasteiger partial charge in [0.1, 0.15) is 12.3 Å². The number of fused-ring (bicyclic) bond motifs is 1. The van der Waals surface area contributed by atoms with Crippen LogP contribution < -0.4 is 4.31 Å². The van der Waals surface area contributed by atoms with Gasteiger partial charge in [0.25, 0.3) is 0 Å². The van der Waals surface area contributed by atoms with Crippen molar-refractivity contribution in [3.05, 3.63) is 65.6 Å². The number of carbonyl (C=O) groups is 1. The molecule has 140 valence electrons. The van der Waals surface area contributed by atoms with Gasteiger partial charge < -0.3 is 9.14 Å². The highest BCUT2D eigenvalue weighted by molar-refractivity contribution is 7.93. The highest BCUT2D eigenvalue weighted by Crippen LogP contribution is 2.24. The zero-order valence-electron chi connectivity index (χ0n) is 14.8. The topological polar surface area (TPSA) is 81.0 Å². The maximum atomic E-state index is 12.3. The number of esters is 1. The van der Waals surface area contributed by atoms with Crippen molar-refractivity contribution < 1.29 is 17.9 Å². The first-order chi connectivity index (χ1) is 12.9. The Labute approximate surface area is 157 Å². The lowest BCUT2D eigenvalue weighted by Crippen LogP contribution is -2.25. The molecule has 1 fully saturated rings. The van der Waals surface area contributed by atoms with Crippen molar-refractivity contribution >= 4 is 27.3 Å². The first-order valence-corrected chi connectivity index (χ1v) is 10.3. The number of nitrogens with zero attached hydrogens (tertiary/aromatic N) is 3. The second kappa shape index (κ2) is 6.70. The predicted octanol–water partition coefficient (Wildman–Crippen LogP) is 2.54. The molecule has 27 heavy (non-hydrogen) atoms. The molecule has 0 saturated carbocycles. The summed E-state index contributed by atoms with van der Waals surface area (Å²) in [6, 6.07) is 10.3. The Hall–Kier alpha value is -2.87. The quantitative estimate of drug-likeness (QED) is 0.645. The Bertz CT molecular complexity index is 1100. The van der Waals surface area contributed by atoms with E-state index in [0.29, 0.717) is 29.9 Å². The summed E-state index contributed by atoms with van der Waals surface area (Å²) in [5.74, 6) is -0.311. The molecule has 1 aliphatic heterocycles. The molecular weight excluding hydrogens is 366 g/mol. The summed E-state index contributed by atoms with van der Waals surface area (Å²) in [5.41, 5.74) is 3.51. The molecule has 0 bridgehead atoms. The smallest absolute Gasteiger partial charge is 0.338 e. The van der Waals surface area contributed by atoms with Crippen molar-refractivity contribution in [3.8, 4) is 0 Å². The maximum absolute atomic E-state index is 12.3. The lowest BCUT2D eigenvalue weighted by Gasteiger charge is -2.16. The van der Waals surface area contributed by atoms with Crippen molar-refractivity contribution in [1.82, 2.24) is 9.38 Å². The fourth-order valence-electron chi connectivity index (χ4n) is 3.14. The van der Waals surface area contributed by atoms with Crippen molar-refractivity contribution in [2.45, 2.75) is 20.0 Å². The minimum Gasteiger partial charge on any atom is -0.456 e. The molecule has 0 spiro atoms. The van der Waals surface area contributed by atoms with Gasteiger partial charge in [-0.1, -0.05) is 6.07 Å². The molecule has 0 atom stereocenters. The van der Waals surface area contributed by atoms with E-state index in [0.717, 1.165) is 11.2 Å². The Morgan fingerprint density at radius 1 is 1.15 bits per heavy atom. The Kier molecular flexibility index (Phi) is 4.35. The zero-order valence-corrected chi connectivity index (χ0v) is 15.6. The number of aryl methyl sites for hydroxylation is 1. The third-order valence-electron chi connectivity index (χ3n) is 4.49. The SMILES string of the molecule is Cc1ccc2nc(COC(=O)c3ccc(N4CCCS4(=O)=O)cc3)cn2c1. The third kappa shape index (κ3) is 3.52. The van der Waals surface area contributed by atoms with E-state index in [9.17, 15) is 13.2 Å². The van der Waals surface area contributed by atoms with Crippen LogP contribution in [-0.4, -0.2) is 36.1 Å². The molecule has 0 N–H and O–H groups in total. The van der Waals surface area contributed by atoms with E-state index < -0.39 is 16.0 Å². The van der Waals surface area contributed by atoms with Crippen LogP contribution in [0.25, 0.3) is 5.65 Å². The van der Waals surface area contributed by atoms with Gasteiger partial charge in [-0.05, 0) is 49.2 Å². The van der Waals surface area contributed by atoms with Crippen LogP contribution in [0.2, 0.25) is 0 Å². The number of ether oxygens (including phenoxy) is 1. The van der Waals surface area contributed by atoms with Gasteiger partial charge >= 0.3 is 5.97 Å². The second-order valence-electron chi connectivity index (χ2n) is 6.57. The third-order valence-corrected chi connectivity index (χ3v) is 6.36. The number of rotatable bonds is 4. The minimum absolute atomic E-state index is 0.0712. The van der Waals surface area contributed by atoms with Gasteiger partial charge in [-0.2, -0.15) is 0 Å². The summed E-state index contributed by atoms with van der Waals surface area (Å²) in [6.07, 6.45) is 4.40. The second-order valence-corrected chi connectivity index (χ2v) is 8.58. The van der Waals surface area contributed by atoms with Crippen molar-refractivity contribution in [2.75, 3.05) is 16.6 Å². The summed E-state index contributed by atoms with van der Waals surface area (Å²) in [5, 5.41) is 0. The molecule has 0 unspecified atom stereocenters. The number of pyridine rings is 1. The number of aromatic nitrogens is 2. The van der Waals surface area contributed by atoms with E-state index in [-0.39, 0.29) is 12.4 Å². The predicted molar refractivity (Wildman–Crippen MR) is 101 cm³/mol. The average Bonchev–Trinajstić information content (AvgIpc) is 3.21. The molecule has 0 amide bonds. The number of sulfonamides is 1. The number of benzene rings is 1. The molecule has 8 heteroatoms. The summed E-state index contributed by atoms with van der Waals surface area (Å²) < 4.78 is 32.5.